The molecule has 47 heavy (non-hydrogen) atoms. The Kier molecular flexibility index (Phi) is 10.2. The Balaban J connectivity index is 1.36. The number of nitrogens with one attached hydrogen (secondary N) is 1. The van der Waals surface area contributed by atoms with Crippen LogP contribution in [0.5, 0.6) is 0 Å². The van der Waals surface area contributed by atoms with Crippen LogP contribution in [-0.2, 0) is 19.1 Å². The molecule has 0 amide bonds. The smallest absolute Gasteiger partial charge is 0.309 e. The quantitative estimate of drug-likeness (QED) is 0.124. The van der Waals surface area contributed by atoms with Crippen molar-refractivity contribution in [3.05, 3.63) is 12.2 Å². The molecule has 6 heteroatoms. The first-order valence-corrected chi connectivity index (χ1v) is 19.2. The highest BCUT2D eigenvalue weighted by Crippen LogP contribution is 2.78. The third-order valence-corrected chi connectivity index (χ3v) is 16.1. The second-order valence-electron chi connectivity index (χ2n) is 19.1. The standard InChI is InChI=1S/C41H69NO5/c1-27(2)28-14-20-41(17-11-23-42-24-25-46-10)22-21-39(8)29(34(28)41)12-13-31-38(7)18-16-32(47-33(43)26-36(3,4)35(44)45)37(5,6)30(38)15-19-40(31,39)9/h28-32,34,42H,1,11-26H2,2-10H3,(H,44,45)/t28-,29+,30-,31+,32-,34+,38-,39+,40+,41+/m0/s1. The van der Waals surface area contributed by atoms with Gasteiger partial charge in [0.15, 0.2) is 0 Å². The Labute approximate surface area is 287 Å². The maximum Gasteiger partial charge on any atom is 0.309 e. The molecular formula is C41H69NO5. The van der Waals surface area contributed by atoms with Gasteiger partial charge in [0.1, 0.15) is 6.10 Å². The zero-order valence-corrected chi connectivity index (χ0v) is 31.6. The normalized spacial score (nSPS) is 42.4. The molecule has 5 fully saturated rings. The van der Waals surface area contributed by atoms with Crippen LogP contribution in [0.15, 0.2) is 12.2 Å². The third-order valence-electron chi connectivity index (χ3n) is 16.1. The van der Waals surface area contributed by atoms with Crippen LogP contribution in [0.2, 0.25) is 0 Å². The number of carbonyl (C=O) groups is 2. The highest BCUT2D eigenvalue weighted by molar-refractivity contribution is 5.81. The summed E-state index contributed by atoms with van der Waals surface area (Å²) in [6.07, 6.45) is 14.8. The molecule has 0 aromatic heterocycles. The van der Waals surface area contributed by atoms with E-state index in [1.807, 2.05) is 0 Å². The Morgan fingerprint density at radius 3 is 2.28 bits per heavy atom. The summed E-state index contributed by atoms with van der Waals surface area (Å²) in [5.74, 6) is 1.99. The van der Waals surface area contributed by atoms with E-state index in [0.717, 1.165) is 44.4 Å². The topological polar surface area (TPSA) is 84.9 Å². The minimum absolute atomic E-state index is 0.0878. The van der Waals surface area contributed by atoms with E-state index in [4.69, 9.17) is 9.47 Å². The van der Waals surface area contributed by atoms with Crippen LogP contribution in [0.4, 0.5) is 0 Å². The zero-order valence-electron chi connectivity index (χ0n) is 31.6. The van der Waals surface area contributed by atoms with Crippen LogP contribution in [-0.4, -0.2) is 50.0 Å². The average molecular weight is 656 g/mol. The van der Waals surface area contributed by atoms with Crippen molar-refractivity contribution >= 4 is 11.9 Å². The van der Waals surface area contributed by atoms with Gasteiger partial charge in [-0.15, -0.1) is 0 Å². The van der Waals surface area contributed by atoms with Gasteiger partial charge in [-0.3, -0.25) is 9.59 Å². The molecular weight excluding hydrogens is 586 g/mol. The number of ether oxygens (including phenoxy) is 2. The monoisotopic (exact) mass is 656 g/mol. The lowest BCUT2D eigenvalue weighted by molar-refractivity contribution is -0.250. The molecule has 2 N–H and O–H groups in total. The van der Waals surface area contributed by atoms with Crippen LogP contribution >= 0.6 is 0 Å². The van der Waals surface area contributed by atoms with Crippen molar-refractivity contribution in [3.8, 4) is 0 Å². The van der Waals surface area contributed by atoms with Crippen LogP contribution in [0.25, 0.3) is 0 Å². The number of fused-ring (bicyclic) bond motifs is 7. The van der Waals surface area contributed by atoms with Gasteiger partial charge < -0.3 is 19.9 Å². The third kappa shape index (κ3) is 6.06. The molecule has 0 aromatic carbocycles. The van der Waals surface area contributed by atoms with E-state index in [1.165, 1.54) is 69.8 Å². The summed E-state index contributed by atoms with van der Waals surface area (Å²) >= 11 is 0. The first kappa shape index (κ1) is 36.9. The number of esters is 1. The lowest BCUT2D eigenvalue weighted by Crippen LogP contribution is -2.66. The minimum Gasteiger partial charge on any atom is -0.481 e. The van der Waals surface area contributed by atoms with Crippen molar-refractivity contribution < 1.29 is 24.2 Å². The summed E-state index contributed by atoms with van der Waals surface area (Å²) in [6, 6.07) is 0. The molecule has 0 aliphatic heterocycles. The molecule has 0 saturated heterocycles. The molecule has 5 aliphatic carbocycles. The van der Waals surface area contributed by atoms with E-state index in [0.29, 0.717) is 34.0 Å². The first-order valence-electron chi connectivity index (χ1n) is 19.2. The zero-order chi connectivity index (χ0) is 34.6. The molecule has 5 aliphatic rings. The molecule has 268 valence electrons. The van der Waals surface area contributed by atoms with Gasteiger partial charge in [0.2, 0.25) is 0 Å². The molecule has 10 atom stereocenters. The van der Waals surface area contributed by atoms with E-state index >= 15 is 0 Å². The van der Waals surface area contributed by atoms with Crippen LogP contribution in [0, 0.1) is 62.1 Å². The van der Waals surface area contributed by atoms with Gasteiger partial charge in [0.05, 0.1) is 18.4 Å². The second-order valence-corrected chi connectivity index (χ2v) is 19.1. The van der Waals surface area contributed by atoms with Gasteiger partial charge in [-0.2, -0.15) is 0 Å². The molecule has 0 bridgehead atoms. The van der Waals surface area contributed by atoms with E-state index in [-0.39, 0.29) is 29.3 Å². The van der Waals surface area contributed by atoms with Crippen molar-refractivity contribution in [2.45, 2.75) is 145 Å². The SMILES string of the molecule is C=C(C)[C@@H]1CC[C@]2(CCCNCCOC)CC[C@]3(C)[C@H](CC[C@@H]4[C@@]5(C)CC[C@H](OC(=O)CC(C)(C)C(=O)O)C(C)(C)[C@@H]5CC[C@]43C)[C@@H]12. The molecule has 0 aromatic rings. The lowest BCUT2D eigenvalue weighted by Gasteiger charge is -2.73. The van der Waals surface area contributed by atoms with Gasteiger partial charge in [-0.1, -0.05) is 46.8 Å². The molecule has 0 radical (unpaired) electrons. The van der Waals surface area contributed by atoms with Gasteiger partial charge in [-0.25, -0.2) is 0 Å². The van der Waals surface area contributed by atoms with Crippen molar-refractivity contribution in [1.82, 2.24) is 5.32 Å². The fraction of sp³-hybridized carbons (Fsp3) is 0.902. The molecule has 0 spiro atoms. The average Bonchev–Trinajstić information content (AvgIpc) is 3.36. The predicted octanol–water partition coefficient (Wildman–Crippen LogP) is 9.07. The van der Waals surface area contributed by atoms with Crippen LogP contribution in [0.3, 0.4) is 0 Å². The first-order chi connectivity index (χ1) is 21.9. The second kappa shape index (κ2) is 13.1. The summed E-state index contributed by atoms with van der Waals surface area (Å²) in [4.78, 5) is 24.8. The Morgan fingerprint density at radius 1 is 0.894 bits per heavy atom. The number of rotatable bonds is 12. The molecule has 6 nitrogen and oxygen atoms in total. The highest BCUT2D eigenvalue weighted by atomic mass is 16.5. The maximum atomic E-state index is 13.1. The lowest BCUT2D eigenvalue weighted by atomic mass is 9.32. The van der Waals surface area contributed by atoms with Crippen molar-refractivity contribution in [1.29, 1.82) is 0 Å². The summed E-state index contributed by atoms with van der Waals surface area (Å²) in [7, 11) is 1.78. The van der Waals surface area contributed by atoms with Gasteiger partial charge in [-0.05, 0) is 156 Å². The number of carboxylic acids is 1. The van der Waals surface area contributed by atoms with Crippen molar-refractivity contribution in [2.24, 2.45) is 62.1 Å². The summed E-state index contributed by atoms with van der Waals surface area (Å²) in [5, 5.41) is 13.2. The van der Waals surface area contributed by atoms with Crippen molar-refractivity contribution in [2.75, 3.05) is 26.8 Å². The van der Waals surface area contributed by atoms with Gasteiger partial charge in [0.25, 0.3) is 0 Å². The summed E-state index contributed by atoms with van der Waals surface area (Å²) in [6.45, 7) is 25.6. The number of hydrogen-bond acceptors (Lipinski definition) is 5. The Morgan fingerprint density at radius 2 is 1.62 bits per heavy atom. The highest BCUT2D eigenvalue weighted by Gasteiger charge is 2.71. The minimum atomic E-state index is -1.12. The van der Waals surface area contributed by atoms with E-state index in [2.05, 4.69) is 53.4 Å². The van der Waals surface area contributed by atoms with Crippen molar-refractivity contribution in [3.63, 3.8) is 0 Å². The molecule has 0 heterocycles. The number of hydrogen-bond donors (Lipinski definition) is 2. The number of methoxy groups -OCH3 is 1. The number of carboxylic acid groups (broad SMARTS) is 1. The van der Waals surface area contributed by atoms with Crippen LogP contribution in [0.1, 0.15) is 139 Å². The molecule has 0 unspecified atom stereocenters. The fourth-order valence-electron chi connectivity index (χ4n) is 13.4. The van der Waals surface area contributed by atoms with Gasteiger partial charge in [0, 0.05) is 19.1 Å². The van der Waals surface area contributed by atoms with E-state index in [9.17, 15) is 14.7 Å². The number of allylic oxidation sites excluding steroid dienone is 1. The van der Waals surface area contributed by atoms with E-state index in [1.54, 1.807) is 21.0 Å². The van der Waals surface area contributed by atoms with Crippen LogP contribution < -0.4 is 5.32 Å². The van der Waals surface area contributed by atoms with Gasteiger partial charge >= 0.3 is 11.9 Å². The molecule has 5 saturated carbocycles. The Bertz CT molecular complexity index is 1190. The van der Waals surface area contributed by atoms with E-state index < -0.39 is 11.4 Å². The predicted molar refractivity (Wildman–Crippen MR) is 189 cm³/mol. The maximum absolute atomic E-state index is 13.1. The number of carbonyl (C=O) groups excluding carboxylic acids is 1. The summed E-state index contributed by atoms with van der Waals surface area (Å²) in [5.41, 5.74) is 1.44. The number of aliphatic carboxylic acids is 1. The summed E-state index contributed by atoms with van der Waals surface area (Å²) < 4.78 is 11.4. The molecule has 5 rings (SSSR count). The fourth-order valence-corrected chi connectivity index (χ4v) is 13.4. The Hall–Kier alpha value is -1.40. The largest absolute Gasteiger partial charge is 0.481 e.